The predicted molar refractivity (Wildman–Crippen MR) is 59.5 cm³/mol. The Kier molecular flexibility index (Phi) is 2.48. The van der Waals surface area contributed by atoms with Gasteiger partial charge in [0.2, 0.25) is 5.96 Å². The molecule has 6 heteroatoms. The molecule has 0 radical (unpaired) electrons. The third-order valence-electron chi connectivity index (χ3n) is 1.54. The Morgan fingerprint density at radius 2 is 2.46 bits per heavy atom. The number of aliphatic imine (C=N–C) groups is 1. The van der Waals surface area contributed by atoms with Crippen LogP contribution in [-0.2, 0) is 0 Å². The Morgan fingerprint density at radius 1 is 1.54 bits per heavy atom. The number of nitrogens with one attached hydrogen (secondary N) is 2. The monoisotopic (exact) mass is 289 g/mol. The predicted octanol–water partition coefficient (Wildman–Crippen LogP) is 1.45. The van der Waals surface area contributed by atoms with E-state index >= 15 is 0 Å². The van der Waals surface area contributed by atoms with Crippen LogP contribution in [-0.4, -0.2) is 23.2 Å². The Morgan fingerprint density at radius 3 is 3.15 bits per heavy atom. The zero-order chi connectivity index (χ0) is 9.10. The molecular weight excluding hydrogens is 281 g/mol. The number of hydrogen-bond donors (Lipinski definition) is 2. The highest BCUT2D eigenvalue weighted by molar-refractivity contribution is 14.2. The van der Waals surface area contributed by atoms with Crippen LogP contribution in [0.15, 0.2) is 24.5 Å². The number of halogens is 1. The molecule has 2 heterocycles. The maximum absolute atomic E-state index is 4.25. The van der Waals surface area contributed by atoms with Crippen molar-refractivity contribution < 1.29 is 0 Å². The summed E-state index contributed by atoms with van der Waals surface area (Å²) < 4.78 is 6.34. The quantitative estimate of drug-likeness (QED) is 0.768. The summed E-state index contributed by atoms with van der Waals surface area (Å²) in [6.45, 7) is 0. The maximum Gasteiger partial charge on any atom is 0.227 e. The highest BCUT2D eigenvalue weighted by Crippen LogP contribution is 2.18. The van der Waals surface area contributed by atoms with Crippen LogP contribution in [0.25, 0.3) is 5.70 Å². The second kappa shape index (κ2) is 3.77. The molecule has 13 heavy (non-hydrogen) atoms. The zero-order valence-electron chi connectivity index (χ0n) is 6.95. The molecule has 0 aliphatic carbocycles. The molecule has 1 aromatic heterocycles. The zero-order valence-corrected chi connectivity index (χ0v) is 9.11. The molecule has 0 bridgehead atoms. The van der Waals surface area contributed by atoms with Gasteiger partial charge < -0.3 is 5.32 Å². The minimum atomic E-state index is -0.257. The van der Waals surface area contributed by atoms with Gasteiger partial charge in [-0.1, -0.05) is 0 Å². The van der Waals surface area contributed by atoms with Gasteiger partial charge in [-0.25, -0.2) is 0 Å². The minimum absolute atomic E-state index is 0.257. The molecule has 5 nitrogen and oxygen atoms in total. The van der Waals surface area contributed by atoms with Crippen molar-refractivity contribution in [2.24, 2.45) is 8.14 Å². The number of guanidine groups is 1. The summed E-state index contributed by atoms with van der Waals surface area (Å²) in [5.41, 5.74) is 2.01. The average Bonchev–Trinajstić information content (AvgIpc) is 2.71. The van der Waals surface area contributed by atoms with Gasteiger partial charge in [0.05, 0.1) is 11.4 Å². The highest BCUT2D eigenvalue weighted by Gasteiger charge is 2.07. The van der Waals surface area contributed by atoms with E-state index in [1.54, 1.807) is 13.2 Å². The summed E-state index contributed by atoms with van der Waals surface area (Å²) in [6.07, 6.45) is 1.73. The number of aromatic nitrogens is 2. The van der Waals surface area contributed by atoms with Crippen LogP contribution >= 0.6 is 21.0 Å². The van der Waals surface area contributed by atoms with Crippen LogP contribution in [0.4, 0.5) is 0 Å². The first kappa shape index (κ1) is 8.54. The molecular formula is C7H8IN5. The van der Waals surface area contributed by atoms with Crippen molar-refractivity contribution in [3.05, 3.63) is 22.0 Å². The van der Waals surface area contributed by atoms with Gasteiger partial charge in [-0.2, -0.15) is 8.24 Å². The van der Waals surface area contributed by atoms with Gasteiger partial charge in [-0.05, 0) is 6.07 Å². The molecule has 2 N–H and O–H groups in total. The van der Waals surface area contributed by atoms with Gasteiger partial charge in [-0.3, -0.25) is 10.1 Å². The molecule has 2 rings (SSSR count). The molecule has 0 aromatic carbocycles. The number of aromatic amines is 1. The maximum atomic E-state index is 4.25. The van der Waals surface area contributed by atoms with E-state index in [1.165, 1.54) is 0 Å². The lowest BCUT2D eigenvalue weighted by molar-refractivity contribution is 1.06. The summed E-state index contributed by atoms with van der Waals surface area (Å²) in [4.78, 5) is 4.00. The molecule has 0 atom stereocenters. The van der Waals surface area contributed by atoms with E-state index in [-0.39, 0.29) is 21.0 Å². The largest absolute Gasteiger partial charge is 0.322 e. The molecule has 1 aliphatic rings. The number of H-pyrrole nitrogens is 1. The smallest absolute Gasteiger partial charge is 0.227 e. The van der Waals surface area contributed by atoms with Crippen molar-refractivity contribution in [1.29, 1.82) is 0 Å². The van der Waals surface area contributed by atoms with E-state index < -0.39 is 0 Å². The number of rotatable bonds is 1. The van der Waals surface area contributed by atoms with Crippen LogP contribution in [0.5, 0.6) is 0 Å². The van der Waals surface area contributed by atoms with E-state index in [0.29, 0.717) is 5.96 Å². The van der Waals surface area contributed by atoms with E-state index in [1.807, 2.05) is 6.07 Å². The highest BCUT2D eigenvalue weighted by atomic mass is 127. The van der Waals surface area contributed by atoms with E-state index in [4.69, 9.17) is 0 Å². The van der Waals surface area contributed by atoms with E-state index in [0.717, 1.165) is 11.4 Å². The minimum Gasteiger partial charge on any atom is -0.322 e. The molecule has 0 saturated carbocycles. The van der Waals surface area contributed by atoms with E-state index in [2.05, 4.69) is 27.7 Å². The second-order valence-corrected chi connectivity index (χ2v) is 4.01. The molecule has 0 unspecified atom stereocenters. The number of hydrogen-bond acceptors (Lipinski definition) is 2. The first-order valence-corrected chi connectivity index (χ1v) is 5.88. The van der Waals surface area contributed by atoms with Crippen molar-refractivity contribution in [2.75, 3.05) is 7.05 Å². The van der Waals surface area contributed by atoms with Gasteiger partial charge in [0, 0.05) is 38.4 Å². The molecule has 0 saturated heterocycles. The topological polar surface area (TPSA) is 65.4 Å². The third kappa shape index (κ3) is 1.82. The van der Waals surface area contributed by atoms with Crippen LogP contribution in [0.1, 0.15) is 5.69 Å². The first-order chi connectivity index (χ1) is 6.40. The normalized spacial score (nSPS) is 19.2. The van der Waals surface area contributed by atoms with Gasteiger partial charge in [-0.15, -0.1) is 0 Å². The summed E-state index contributed by atoms with van der Waals surface area (Å²) in [6, 6.07) is 1.92. The molecule has 1 aliphatic heterocycles. The Hall–Kier alpha value is -1.05. The van der Waals surface area contributed by atoms with Crippen LogP contribution < -0.4 is 5.32 Å². The lowest BCUT2D eigenvalue weighted by Gasteiger charge is -2.09. The standard InChI is InChI=1S/C7H8IN5/c1-9-7-11-6(4-8-12-7)5-2-3-10-13-5/h2-4H,1H3,(H,10,13)(H,9,11,12). The SMILES string of the molecule is CN=C1N=IC=C(c2ccn[nH]2)N1. The summed E-state index contributed by atoms with van der Waals surface area (Å²) in [5.74, 6) is 0.708. The molecule has 0 spiro atoms. The molecule has 68 valence electrons. The van der Waals surface area contributed by atoms with Gasteiger partial charge >= 0.3 is 0 Å². The van der Waals surface area contributed by atoms with Crippen LogP contribution in [0.3, 0.4) is 0 Å². The lowest BCUT2D eigenvalue weighted by Crippen LogP contribution is -2.20. The average molecular weight is 289 g/mol. The van der Waals surface area contributed by atoms with Crippen molar-refractivity contribution >= 4 is 32.7 Å². The second-order valence-electron chi connectivity index (χ2n) is 2.35. The summed E-state index contributed by atoms with van der Waals surface area (Å²) in [5, 5.41) is 9.88. The van der Waals surface area contributed by atoms with Crippen molar-refractivity contribution in [2.45, 2.75) is 0 Å². The molecule has 1 aromatic rings. The van der Waals surface area contributed by atoms with Crippen molar-refractivity contribution in [3.8, 4) is 0 Å². The molecule has 0 amide bonds. The fourth-order valence-corrected chi connectivity index (χ4v) is 2.42. The van der Waals surface area contributed by atoms with Crippen LogP contribution in [0, 0.1) is 0 Å². The van der Waals surface area contributed by atoms with Crippen molar-refractivity contribution in [3.63, 3.8) is 0 Å². The Balaban J connectivity index is 2.28. The first-order valence-electron chi connectivity index (χ1n) is 3.67. The lowest BCUT2D eigenvalue weighted by atomic mass is 10.3. The Bertz CT molecular complexity index is 376. The fraction of sp³-hybridized carbons (Fsp3) is 0.143. The Labute approximate surface area is 85.5 Å². The fourth-order valence-electron chi connectivity index (χ4n) is 0.914. The van der Waals surface area contributed by atoms with Crippen LogP contribution in [0.2, 0.25) is 0 Å². The van der Waals surface area contributed by atoms with Gasteiger partial charge in [0.1, 0.15) is 0 Å². The van der Waals surface area contributed by atoms with E-state index in [9.17, 15) is 0 Å². The van der Waals surface area contributed by atoms with Gasteiger partial charge in [0.25, 0.3) is 0 Å². The number of nitrogens with zero attached hydrogens (tertiary/aromatic N) is 3. The summed E-state index contributed by atoms with van der Waals surface area (Å²) in [7, 11) is 1.73. The third-order valence-corrected chi connectivity index (χ3v) is 3.17. The summed E-state index contributed by atoms with van der Waals surface area (Å²) >= 11 is -0.257. The molecule has 0 fully saturated rings. The van der Waals surface area contributed by atoms with Crippen molar-refractivity contribution in [1.82, 2.24) is 15.5 Å². The van der Waals surface area contributed by atoms with Gasteiger partial charge in [0.15, 0.2) is 0 Å².